The van der Waals surface area contributed by atoms with Crippen molar-refractivity contribution in [2.24, 2.45) is 5.92 Å². The molecule has 2 aliphatic heterocycles. The minimum atomic E-state index is -1.10. The third-order valence-corrected chi connectivity index (χ3v) is 4.36. The summed E-state index contributed by atoms with van der Waals surface area (Å²) in [6.45, 7) is -0.0952. The van der Waals surface area contributed by atoms with E-state index in [1.165, 1.54) is 16.7 Å². The summed E-state index contributed by atoms with van der Waals surface area (Å²) in [7, 11) is 0. The summed E-state index contributed by atoms with van der Waals surface area (Å²) in [6, 6.07) is -0.128. The first-order valence-electron chi connectivity index (χ1n) is 5.75. The number of aliphatic hydroxyl groups excluding tert-OH is 2. The molecule has 0 aromatic heterocycles. The van der Waals surface area contributed by atoms with Gasteiger partial charge in [0.2, 0.25) is 5.91 Å². The van der Waals surface area contributed by atoms with Crippen LogP contribution in [0.15, 0.2) is 10.6 Å². The fraction of sp³-hybridized carbons (Fsp3) is 0.636. The zero-order chi connectivity index (χ0) is 13.3. The number of carbonyl (C=O) groups excluding carboxylic acids is 1. The molecule has 2 atom stereocenters. The van der Waals surface area contributed by atoms with Crippen molar-refractivity contribution in [1.82, 2.24) is 4.90 Å². The number of thioether (sulfide) groups is 1. The van der Waals surface area contributed by atoms with Crippen molar-refractivity contribution in [3.63, 3.8) is 0 Å². The molecular formula is C11H15NO5S. The number of aliphatic carboxylic acids is 1. The Morgan fingerprint density at radius 3 is 2.67 bits per heavy atom. The lowest BCUT2D eigenvalue weighted by Crippen LogP contribution is -2.58. The van der Waals surface area contributed by atoms with Crippen molar-refractivity contribution in [3.05, 3.63) is 10.6 Å². The Balaban J connectivity index is 2.16. The van der Waals surface area contributed by atoms with Gasteiger partial charge in [0, 0.05) is 23.7 Å². The quantitative estimate of drug-likeness (QED) is 0.571. The van der Waals surface area contributed by atoms with E-state index in [2.05, 4.69) is 0 Å². The second kappa shape index (κ2) is 5.29. The molecule has 0 aromatic rings. The molecule has 3 N–H and O–H groups in total. The molecule has 0 spiro atoms. The summed E-state index contributed by atoms with van der Waals surface area (Å²) in [5.74, 6) is -1.16. The van der Waals surface area contributed by atoms with E-state index < -0.39 is 5.97 Å². The number of aliphatic hydroxyl groups is 2. The maximum atomic E-state index is 11.8. The van der Waals surface area contributed by atoms with Crippen molar-refractivity contribution >= 4 is 23.6 Å². The predicted molar refractivity (Wildman–Crippen MR) is 64.6 cm³/mol. The van der Waals surface area contributed by atoms with E-state index in [0.29, 0.717) is 23.5 Å². The number of rotatable bonds is 6. The Bertz CT molecular complexity index is 408. The number of carboxylic acid groups (broad SMARTS) is 1. The highest BCUT2D eigenvalue weighted by Gasteiger charge is 2.54. The van der Waals surface area contributed by atoms with Gasteiger partial charge in [-0.05, 0) is 6.42 Å². The predicted octanol–water partition coefficient (Wildman–Crippen LogP) is -0.379. The maximum absolute atomic E-state index is 11.8. The molecule has 0 aliphatic carbocycles. The standard InChI is InChI=1S/C11H15NO5S/c13-2-1-6-7-5-8(18-4-3-14)9(11(16)17)12(7)10(6)15/h6-7,13-14H,1-5H2,(H,16,17)/t6-,7-/m1/s1. The second-order valence-electron chi connectivity index (χ2n) is 4.25. The SMILES string of the molecule is O=C(O)C1=C(SCCO)C[C@@H]2[C@@H](CCO)C(=O)N12. The molecule has 6 nitrogen and oxygen atoms in total. The average Bonchev–Trinajstić information content (AvgIpc) is 2.68. The van der Waals surface area contributed by atoms with E-state index in [4.69, 9.17) is 15.3 Å². The van der Waals surface area contributed by atoms with Crippen LogP contribution in [0.5, 0.6) is 0 Å². The van der Waals surface area contributed by atoms with Gasteiger partial charge in [-0.15, -0.1) is 11.8 Å². The number of carbonyl (C=O) groups is 2. The highest BCUT2D eigenvalue weighted by molar-refractivity contribution is 8.03. The fourth-order valence-corrected chi connectivity index (χ4v) is 3.46. The summed E-state index contributed by atoms with van der Waals surface area (Å²) >= 11 is 1.28. The molecule has 2 aliphatic rings. The summed E-state index contributed by atoms with van der Waals surface area (Å²) in [5, 5.41) is 26.8. The maximum Gasteiger partial charge on any atom is 0.353 e. The van der Waals surface area contributed by atoms with Crippen molar-refractivity contribution in [2.75, 3.05) is 19.0 Å². The molecule has 7 heteroatoms. The number of β-lactam (4-membered cyclic amide) rings is 1. The first-order chi connectivity index (χ1) is 8.61. The van der Waals surface area contributed by atoms with E-state index in [9.17, 15) is 9.59 Å². The van der Waals surface area contributed by atoms with Gasteiger partial charge in [0.25, 0.3) is 0 Å². The van der Waals surface area contributed by atoms with Crippen molar-refractivity contribution in [2.45, 2.75) is 18.9 Å². The molecule has 2 rings (SSSR count). The molecular weight excluding hydrogens is 258 g/mol. The lowest BCUT2D eigenvalue weighted by molar-refractivity contribution is -0.155. The smallest absolute Gasteiger partial charge is 0.353 e. The second-order valence-corrected chi connectivity index (χ2v) is 5.44. The third-order valence-electron chi connectivity index (χ3n) is 3.26. The van der Waals surface area contributed by atoms with Crippen LogP contribution in [-0.2, 0) is 9.59 Å². The van der Waals surface area contributed by atoms with Gasteiger partial charge >= 0.3 is 5.97 Å². The van der Waals surface area contributed by atoms with E-state index in [0.717, 1.165) is 0 Å². The van der Waals surface area contributed by atoms with Crippen LogP contribution in [0.1, 0.15) is 12.8 Å². The van der Waals surface area contributed by atoms with Crippen LogP contribution in [0.25, 0.3) is 0 Å². The summed E-state index contributed by atoms with van der Waals surface area (Å²) in [6.07, 6.45) is 0.896. The van der Waals surface area contributed by atoms with E-state index in [-0.39, 0.29) is 36.8 Å². The highest BCUT2D eigenvalue weighted by atomic mass is 32.2. The largest absolute Gasteiger partial charge is 0.477 e. The van der Waals surface area contributed by atoms with Crippen LogP contribution in [0.4, 0.5) is 0 Å². The van der Waals surface area contributed by atoms with Crippen LogP contribution in [0, 0.1) is 5.92 Å². The molecule has 1 amide bonds. The van der Waals surface area contributed by atoms with E-state index in [1.54, 1.807) is 0 Å². The number of nitrogens with zero attached hydrogens (tertiary/aromatic N) is 1. The Morgan fingerprint density at radius 2 is 2.11 bits per heavy atom. The Labute approximate surface area is 108 Å². The van der Waals surface area contributed by atoms with Crippen LogP contribution < -0.4 is 0 Å². The van der Waals surface area contributed by atoms with Crippen LogP contribution in [0.2, 0.25) is 0 Å². The monoisotopic (exact) mass is 273 g/mol. The van der Waals surface area contributed by atoms with Crippen molar-refractivity contribution in [1.29, 1.82) is 0 Å². The summed E-state index contributed by atoms with van der Waals surface area (Å²) in [5.41, 5.74) is 0.0534. The molecule has 0 unspecified atom stereocenters. The fourth-order valence-electron chi connectivity index (χ4n) is 2.51. The number of hydrogen-bond acceptors (Lipinski definition) is 5. The van der Waals surface area contributed by atoms with Gasteiger partial charge in [0.1, 0.15) is 5.70 Å². The molecule has 1 fully saturated rings. The molecule has 0 bridgehead atoms. The lowest BCUT2D eigenvalue weighted by atomic mass is 9.85. The molecule has 0 saturated carbocycles. The van der Waals surface area contributed by atoms with Gasteiger partial charge in [0.05, 0.1) is 18.6 Å². The zero-order valence-corrected chi connectivity index (χ0v) is 10.5. The molecule has 2 heterocycles. The molecule has 0 radical (unpaired) electrons. The normalized spacial score (nSPS) is 26.3. The third kappa shape index (κ3) is 2.02. The Morgan fingerprint density at radius 1 is 1.39 bits per heavy atom. The molecule has 1 saturated heterocycles. The van der Waals surface area contributed by atoms with Gasteiger partial charge < -0.3 is 20.2 Å². The van der Waals surface area contributed by atoms with E-state index >= 15 is 0 Å². The summed E-state index contributed by atoms with van der Waals surface area (Å²) < 4.78 is 0. The minimum absolute atomic E-state index is 0.0280. The van der Waals surface area contributed by atoms with Gasteiger partial charge in [-0.2, -0.15) is 0 Å². The lowest BCUT2D eigenvalue weighted by Gasteiger charge is -2.43. The summed E-state index contributed by atoms with van der Waals surface area (Å²) in [4.78, 5) is 25.0. The Hall–Kier alpha value is -1.05. The molecule has 18 heavy (non-hydrogen) atoms. The zero-order valence-electron chi connectivity index (χ0n) is 9.70. The van der Waals surface area contributed by atoms with Crippen molar-refractivity contribution < 1.29 is 24.9 Å². The van der Waals surface area contributed by atoms with Gasteiger partial charge in [-0.1, -0.05) is 0 Å². The number of fused-ring (bicyclic) bond motifs is 1. The number of carboxylic acids is 1. The van der Waals surface area contributed by atoms with Crippen LogP contribution >= 0.6 is 11.8 Å². The first-order valence-corrected chi connectivity index (χ1v) is 6.74. The minimum Gasteiger partial charge on any atom is -0.477 e. The van der Waals surface area contributed by atoms with Crippen LogP contribution in [-0.4, -0.2) is 57.1 Å². The van der Waals surface area contributed by atoms with Crippen molar-refractivity contribution in [3.8, 4) is 0 Å². The topological polar surface area (TPSA) is 98.1 Å². The number of hydrogen-bond donors (Lipinski definition) is 3. The molecule has 0 aromatic carbocycles. The molecule has 100 valence electrons. The average molecular weight is 273 g/mol. The first kappa shape index (κ1) is 13.4. The van der Waals surface area contributed by atoms with Gasteiger partial charge in [0.15, 0.2) is 0 Å². The van der Waals surface area contributed by atoms with Gasteiger partial charge in [-0.3, -0.25) is 4.79 Å². The van der Waals surface area contributed by atoms with Crippen LogP contribution in [0.3, 0.4) is 0 Å². The highest BCUT2D eigenvalue weighted by Crippen LogP contribution is 2.46. The number of amides is 1. The van der Waals surface area contributed by atoms with Gasteiger partial charge in [-0.25, -0.2) is 4.79 Å². The Kier molecular flexibility index (Phi) is 3.94. The van der Waals surface area contributed by atoms with E-state index in [1.807, 2.05) is 0 Å².